The maximum atomic E-state index is 12.4. The summed E-state index contributed by atoms with van der Waals surface area (Å²) in [7, 11) is 0. The summed E-state index contributed by atoms with van der Waals surface area (Å²) in [6.07, 6.45) is 2.62. The number of amides is 2. The highest BCUT2D eigenvalue weighted by Crippen LogP contribution is 2.18. The molecule has 5 nitrogen and oxygen atoms in total. The fourth-order valence-electron chi connectivity index (χ4n) is 3.35. The van der Waals surface area contributed by atoms with Gasteiger partial charge in [0.1, 0.15) is 0 Å². The number of nitrogens with zero attached hydrogens (tertiary/aromatic N) is 1. The summed E-state index contributed by atoms with van der Waals surface area (Å²) in [6, 6.07) is 6.31. The number of nitrogens with one attached hydrogen (secondary N) is 2. The summed E-state index contributed by atoms with van der Waals surface area (Å²) in [6.45, 7) is 11.0. The zero-order valence-corrected chi connectivity index (χ0v) is 16.6. The molecule has 26 heavy (non-hydrogen) atoms. The Morgan fingerprint density at radius 3 is 2.50 bits per heavy atom. The standard InChI is InChI=1S/C21H33N3O2/c1-5-10-22-21(26)18-8-11-24(12-9-18)14-20(25)23-17(4)19-7-6-15(2)16(3)13-19/h6-7,13,17-18H,5,8-12,14H2,1-4H3,(H,22,26)(H,23,25). The maximum Gasteiger partial charge on any atom is 0.234 e. The SMILES string of the molecule is CCCNC(=O)C1CCN(CC(=O)NC(C)c2ccc(C)c(C)c2)CC1. The molecule has 5 heteroatoms. The fourth-order valence-corrected chi connectivity index (χ4v) is 3.35. The Morgan fingerprint density at radius 2 is 1.88 bits per heavy atom. The molecule has 0 aliphatic carbocycles. The molecule has 2 rings (SSSR count). The Hall–Kier alpha value is -1.88. The second kappa shape index (κ2) is 9.72. The van der Waals surface area contributed by atoms with Crippen molar-refractivity contribution in [3.05, 3.63) is 34.9 Å². The number of hydrogen-bond acceptors (Lipinski definition) is 3. The van der Waals surface area contributed by atoms with Gasteiger partial charge in [-0.15, -0.1) is 0 Å². The van der Waals surface area contributed by atoms with E-state index in [-0.39, 0.29) is 23.8 Å². The molecule has 0 saturated carbocycles. The second-order valence-corrected chi connectivity index (χ2v) is 7.47. The Bertz CT molecular complexity index is 622. The third-order valence-corrected chi connectivity index (χ3v) is 5.28. The van der Waals surface area contributed by atoms with Gasteiger partial charge in [0, 0.05) is 12.5 Å². The quantitative estimate of drug-likeness (QED) is 0.787. The predicted molar refractivity (Wildman–Crippen MR) is 105 cm³/mol. The van der Waals surface area contributed by atoms with Crippen molar-refractivity contribution < 1.29 is 9.59 Å². The van der Waals surface area contributed by atoms with E-state index in [9.17, 15) is 9.59 Å². The second-order valence-electron chi connectivity index (χ2n) is 7.47. The minimum absolute atomic E-state index is 0.000777. The van der Waals surface area contributed by atoms with Gasteiger partial charge in [-0.1, -0.05) is 25.1 Å². The number of piperidine rings is 1. The van der Waals surface area contributed by atoms with Crippen LogP contribution in [-0.2, 0) is 9.59 Å². The molecule has 1 aromatic carbocycles. The molecule has 1 atom stereocenters. The van der Waals surface area contributed by atoms with Crippen LogP contribution in [0.5, 0.6) is 0 Å². The fraction of sp³-hybridized carbons (Fsp3) is 0.619. The Balaban J connectivity index is 1.76. The zero-order valence-electron chi connectivity index (χ0n) is 16.6. The van der Waals surface area contributed by atoms with E-state index < -0.39 is 0 Å². The smallest absolute Gasteiger partial charge is 0.234 e. The van der Waals surface area contributed by atoms with Gasteiger partial charge in [0.05, 0.1) is 12.6 Å². The average Bonchev–Trinajstić information content (AvgIpc) is 2.62. The maximum absolute atomic E-state index is 12.4. The molecule has 1 aliphatic heterocycles. The van der Waals surface area contributed by atoms with Crippen LogP contribution in [0.4, 0.5) is 0 Å². The van der Waals surface area contributed by atoms with Crippen molar-refractivity contribution in [2.45, 2.75) is 53.0 Å². The number of rotatable bonds is 7. The van der Waals surface area contributed by atoms with Crippen LogP contribution in [0.15, 0.2) is 18.2 Å². The summed E-state index contributed by atoms with van der Waals surface area (Å²) >= 11 is 0. The van der Waals surface area contributed by atoms with E-state index in [0.29, 0.717) is 6.54 Å². The largest absolute Gasteiger partial charge is 0.356 e. The van der Waals surface area contributed by atoms with Crippen LogP contribution < -0.4 is 10.6 Å². The lowest BCUT2D eigenvalue weighted by Gasteiger charge is -2.31. The van der Waals surface area contributed by atoms with Gasteiger partial charge >= 0.3 is 0 Å². The van der Waals surface area contributed by atoms with Crippen molar-refractivity contribution in [1.29, 1.82) is 0 Å². The Kier molecular flexibility index (Phi) is 7.64. The zero-order chi connectivity index (χ0) is 19.1. The highest BCUT2D eigenvalue weighted by molar-refractivity contribution is 5.79. The number of carbonyl (C=O) groups is 2. The van der Waals surface area contributed by atoms with Gasteiger partial charge in [-0.25, -0.2) is 0 Å². The molecule has 2 amide bonds. The first kappa shape index (κ1) is 20.4. The van der Waals surface area contributed by atoms with Gasteiger partial charge in [-0.05, 0) is 69.8 Å². The minimum Gasteiger partial charge on any atom is -0.356 e. The predicted octanol–water partition coefficient (Wildman–Crippen LogP) is 2.72. The Morgan fingerprint density at radius 1 is 1.19 bits per heavy atom. The van der Waals surface area contributed by atoms with Crippen molar-refractivity contribution in [2.75, 3.05) is 26.2 Å². The van der Waals surface area contributed by atoms with Gasteiger partial charge < -0.3 is 10.6 Å². The topological polar surface area (TPSA) is 61.4 Å². The molecule has 0 bridgehead atoms. The van der Waals surface area contributed by atoms with Crippen LogP contribution in [0.1, 0.15) is 55.8 Å². The van der Waals surface area contributed by atoms with E-state index in [1.807, 2.05) is 6.92 Å². The molecule has 1 aromatic rings. The van der Waals surface area contributed by atoms with Crippen LogP contribution in [-0.4, -0.2) is 42.9 Å². The summed E-state index contributed by atoms with van der Waals surface area (Å²) in [5.41, 5.74) is 3.64. The average molecular weight is 360 g/mol. The molecule has 2 N–H and O–H groups in total. The van der Waals surface area contributed by atoms with Gasteiger partial charge in [0.15, 0.2) is 0 Å². The van der Waals surface area contributed by atoms with Gasteiger partial charge in [0.2, 0.25) is 11.8 Å². The minimum atomic E-state index is -0.000777. The summed E-state index contributed by atoms with van der Waals surface area (Å²) in [5.74, 6) is 0.305. The van der Waals surface area contributed by atoms with Crippen molar-refractivity contribution >= 4 is 11.8 Å². The third-order valence-electron chi connectivity index (χ3n) is 5.28. The van der Waals surface area contributed by atoms with E-state index in [0.717, 1.165) is 44.5 Å². The highest BCUT2D eigenvalue weighted by Gasteiger charge is 2.25. The van der Waals surface area contributed by atoms with E-state index in [1.165, 1.54) is 11.1 Å². The van der Waals surface area contributed by atoms with Gasteiger partial charge in [0.25, 0.3) is 0 Å². The van der Waals surface area contributed by atoms with Crippen molar-refractivity contribution in [3.63, 3.8) is 0 Å². The Labute approximate surface area is 157 Å². The lowest BCUT2D eigenvalue weighted by Crippen LogP contribution is -2.44. The third kappa shape index (κ3) is 5.84. The molecule has 1 saturated heterocycles. The van der Waals surface area contributed by atoms with Crippen LogP contribution in [0.3, 0.4) is 0 Å². The van der Waals surface area contributed by atoms with E-state index in [2.05, 4.69) is 54.5 Å². The highest BCUT2D eigenvalue weighted by atomic mass is 16.2. The van der Waals surface area contributed by atoms with Gasteiger partial charge in [-0.2, -0.15) is 0 Å². The number of likely N-dealkylation sites (tertiary alicyclic amines) is 1. The van der Waals surface area contributed by atoms with E-state index in [1.54, 1.807) is 0 Å². The number of hydrogen-bond donors (Lipinski definition) is 2. The lowest BCUT2D eigenvalue weighted by atomic mass is 9.96. The van der Waals surface area contributed by atoms with Crippen molar-refractivity contribution in [2.24, 2.45) is 5.92 Å². The molecule has 0 spiro atoms. The molecule has 0 aromatic heterocycles. The molecule has 1 heterocycles. The van der Waals surface area contributed by atoms with Gasteiger partial charge in [-0.3, -0.25) is 14.5 Å². The molecule has 1 fully saturated rings. The van der Waals surface area contributed by atoms with Crippen LogP contribution in [0.25, 0.3) is 0 Å². The first-order valence-electron chi connectivity index (χ1n) is 9.77. The summed E-state index contributed by atoms with van der Waals surface area (Å²) < 4.78 is 0. The first-order valence-corrected chi connectivity index (χ1v) is 9.77. The van der Waals surface area contributed by atoms with Crippen molar-refractivity contribution in [1.82, 2.24) is 15.5 Å². The lowest BCUT2D eigenvalue weighted by molar-refractivity contribution is -0.126. The van der Waals surface area contributed by atoms with Crippen LogP contribution in [0, 0.1) is 19.8 Å². The number of benzene rings is 1. The first-order chi connectivity index (χ1) is 12.4. The molecule has 1 aliphatic rings. The number of carbonyl (C=O) groups excluding carboxylic acids is 2. The molecule has 1 unspecified atom stereocenters. The molecular formula is C21H33N3O2. The van der Waals surface area contributed by atoms with E-state index in [4.69, 9.17) is 0 Å². The monoisotopic (exact) mass is 359 g/mol. The molecule has 144 valence electrons. The summed E-state index contributed by atoms with van der Waals surface area (Å²) in [4.78, 5) is 26.5. The van der Waals surface area contributed by atoms with E-state index >= 15 is 0 Å². The molecule has 0 radical (unpaired) electrons. The van der Waals surface area contributed by atoms with Crippen LogP contribution >= 0.6 is 0 Å². The summed E-state index contributed by atoms with van der Waals surface area (Å²) in [5, 5.41) is 6.07. The molecular weight excluding hydrogens is 326 g/mol. The normalized spacial score (nSPS) is 16.9. The number of aryl methyl sites for hydroxylation is 2. The van der Waals surface area contributed by atoms with Crippen molar-refractivity contribution in [3.8, 4) is 0 Å². The van der Waals surface area contributed by atoms with Crippen LogP contribution in [0.2, 0.25) is 0 Å².